The van der Waals surface area contributed by atoms with Gasteiger partial charge in [0.1, 0.15) is 12.4 Å². The second kappa shape index (κ2) is 6.16. The summed E-state index contributed by atoms with van der Waals surface area (Å²) in [7, 11) is 1.89. The predicted octanol–water partition coefficient (Wildman–Crippen LogP) is 3.30. The summed E-state index contributed by atoms with van der Waals surface area (Å²) in [5.41, 5.74) is 1.09. The third-order valence-corrected chi connectivity index (χ3v) is 2.52. The van der Waals surface area contributed by atoms with Gasteiger partial charge in [0.25, 0.3) is 0 Å². The first-order valence-electron chi connectivity index (χ1n) is 4.53. The molecule has 0 spiro atoms. The highest BCUT2D eigenvalue weighted by Gasteiger charge is 2.07. The number of halogens is 2. The summed E-state index contributed by atoms with van der Waals surface area (Å²) in [4.78, 5) is 0. The molecule has 1 rings (SSSR count). The molecule has 0 amide bonds. The van der Waals surface area contributed by atoms with Crippen LogP contribution in [0.1, 0.15) is 5.56 Å². The number of hydrogen-bond acceptors (Lipinski definition) is 2. The van der Waals surface area contributed by atoms with Gasteiger partial charge in [-0.2, -0.15) is 0 Å². The zero-order valence-corrected chi connectivity index (χ0v) is 10.9. The van der Waals surface area contributed by atoms with Crippen molar-refractivity contribution in [3.05, 3.63) is 39.8 Å². The Hall–Kier alpha value is -0.510. The van der Waals surface area contributed by atoms with Gasteiger partial charge >= 0.3 is 0 Å². The molecule has 4 heteroatoms. The Bertz CT molecular complexity index is 354. The second-order valence-corrected chi connectivity index (χ2v) is 4.45. The summed E-state index contributed by atoms with van der Waals surface area (Å²) in [6.45, 7) is 4.66. The van der Waals surface area contributed by atoms with E-state index < -0.39 is 0 Å². The molecule has 0 aliphatic heterocycles. The van der Waals surface area contributed by atoms with Crippen molar-refractivity contribution in [3.63, 3.8) is 0 Å². The number of ether oxygens (including phenoxy) is 1. The molecule has 0 unspecified atom stereocenters. The van der Waals surface area contributed by atoms with E-state index in [1.165, 1.54) is 0 Å². The third kappa shape index (κ3) is 3.86. The number of nitrogens with one attached hydrogen (secondary N) is 1. The fourth-order valence-corrected chi connectivity index (χ4v) is 1.77. The summed E-state index contributed by atoms with van der Waals surface area (Å²) in [5.74, 6) is 0.814. The highest BCUT2D eigenvalue weighted by Crippen LogP contribution is 2.29. The smallest absolute Gasteiger partial charge is 0.138 e. The minimum Gasteiger partial charge on any atom is -0.486 e. The molecular formula is C11H13BrClNO. The maximum absolute atomic E-state index is 5.66. The van der Waals surface area contributed by atoms with E-state index in [0.29, 0.717) is 11.6 Å². The van der Waals surface area contributed by atoms with Gasteiger partial charge in [0.2, 0.25) is 0 Å². The fourth-order valence-electron chi connectivity index (χ4n) is 1.20. The highest BCUT2D eigenvalue weighted by molar-refractivity contribution is 9.10. The lowest BCUT2D eigenvalue weighted by atomic mass is 10.2. The van der Waals surface area contributed by atoms with Crippen LogP contribution in [0.3, 0.4) is 0 Å². The van der Waals surface area contributed by atoms with Gasteiger partial charge in [-0.3, -0.25) is 0 Å². The van der Waals surface area contributed by atoms with Crippen molar-refractivity contribution in [2.75, 3.05) is 13.7 Å². The minimum absolute atomic E-state index is 0.320. The predicted molar refractivity (Wildman–Crippen MR) is 67.4 cm³/mol. The molecule has 2 nitrogen and oxygen atoms in total. The molecular weight excluding hydrogens is 277 g/mol. The Morgan fingerprint density at radius 1 is 1.60 bits per heavy atom. The van der Waals surface area contributed by atoms with Gasteiger partial charge in [0.15, 0.2) is 0 Å². The Balaban J connectivity index is 2.86. The standard InChI is InChI=1S/C11H13BrClNO/c1-8(13)7-15-11-9(6-14-2)4-3-5-10(11)12/h3-5,14H,1,6-7H2,2H3. The number of hydrogen-bond donors (Lipinski definition) is 1. The molecule has 0 atom stereocenters. The molecule has 0 radical (unpaired) electrons. The lowest BCUT2D eigenvalue weighted by Gasteiger charge is -2.12. The van der Waals surface area contributed by atoms with Gasteiger partial charge in [-0.15, -0.1) is 0 Å². The van der Waals surface area contributed by atoms with Crippen molar-refractivity contribution < 1.29 is 4.74 Å². The SMILES string of the molecule is C=C(Cl)COc1c(Br)cccc1CNC. The zero-order valence-electron chi connectivity index (χ0n) is 8.52. The molecule has 0 fully saturated rings. The van der Waals surface area contributed by atoms with Gasteiger partial charge < -0.3 is 10.1 Å². The van der Waals surface area contributed by atoms with E-state index >= 15 is 0 Å². The topological polar surface area (TPSA) is 21.3 Å². The monoisotopic (exact) mass is 289 g/mol. The van der Waals surface area contributed by atoms with Gasteiger partial charge in [-0.25, -0.2) is 0 Å². The highest BCUT2D eigenvalue weighted by atomic mass is 79.9. The van der Waals surface area contributed by atoms with Gasteiger partial charge in [0, 0.05) is 17.1 Å². The van der Waals surface area contributed by atoms with Gasteiger partial charge in [-0.05, 0) is 29.0 Å². The molecule has 0 saturated carbocycles. The van der Waals surface area contributed by atoms with E-state index in [-0.39, 0.29) is 0 Å². The minimum atomic E-state index is 0.320. The lowest BCUT2D eigenvalue weighted by molar-refractivity contribution is 0.352. The first-order chi connectivity index (χ1) is 7.15. The van der Waals surface area contributed by atoms with Crippen LogP contribution in [0.25, 0.3) is 0 Å². The molecule has 0 aliphatic carbocycles. The second-order valence-electron chi connectivity index (χ2n) is 3.06. The summed E-state index contributed by atoms with van der Waals surface area (Å²) in [6.07, 6.45) is 0. The molecule has 1 aromatic rings. The normalized spacial score (nSPS) is 10.1. The zero-order chi connectivity index (χ0) is 11.3. The maximum atomic E-state index is 5.66. The van der Waals surface area contributed by atoms with Crippen molar-refractivity contribution in [3.8, 4) is 5.75 Å². The van der Waals surface area contributed by atoms with E-state index in [2.05, 4.69) is 27.8 Å². The Kier molecular flexibility index (Phi) is 5.15. The van der Waals surface area contributed by atoms with Crippen LogP contribution in [0.4, 0.5) is 0 Å². The van der Waals surface area contributed by atoms with Crippen LogP contribution in [0.15, 0.2) is 34.3 Å². The first-order valence-corrected chi connectivity index (χ1v) is 5.70. The number of para-hydroxylation sites is 1. The lowest BCUT2D eigenvalue weighted by Crippen LogP contribution is -2.08. The van der Waals surface area contributed by atoms with Gasteiger partial charge in [-0.1, -0.05) is 30.3 Å². The van der Waals surface area contributed by atoms with Crippen LogP contribution in [0.2, 0.25) is 0 Å². The number of benzene rings is 1. The van der Waals surface area contributed by atoms with Crippen molar-refractivity contribution in [2.45, 2.75) is 6.54 Å². The molecule has 0 aliphatic rings. The molecule has 15 heavy (non-hydrogen) atoms. The van der Waals surface area contributed by atoms with Crippen LogP contribution in [-0.2, 0) is 6.54 Å². The molecule has 0 bridgehead atoms. The van der Waals surface area contributed by atoms with Gasteiger partial charge in [0.05, 0.1) is 4.47 Å². The molecule has 0 saturated heterocycles. The van der Waals surface area contributed by atoms with Crippen LogP contribution in [0.5, 0.6) is 5.75 Å². The van der Waals surface area contributed by atoms with Crippen LogP contribution >= 0.6 is 27.5 Å². The fraction of sp³-hybridized carbons (Fsp3) is 0.273. The summed E-state index contributed by atoms with van der Waals surface area (Å²) in [5, 5.41) is 3.57. The van der Waals surface area contributed by atoms with E-state index in [0.717, 1.165) is 22.3 Å². The molecule has 1 aromatic carbocycles. The van der Waals surface area contributed by atoms with Crippen LogP contribution in [-0.4, -0.2) is 13.7 Å². The molecule has 1 N–H and O–H groups in total. The average molecular weight is 291 g/mol. The molecule has 0 aromatic heterocycles. The Morgan fingerprint density at radius 2 is 2.33 bits per heavy atom. The summed E-state index contributed by atoms with van der Waals surface area (Å²) >= 11 is 9.10. The largest absolute Gasteiger partial charge is 0.486 e. The maximum Gasteiger partial charge on any atom is 0.138 e. The van der Waals surface area contributed by atoms with Crippen LogP contribution < -0.4 is 10.1 Å². The van der Waals surface area contributed by atoms with Crippen molar-refractivity contribution in [1.29, 1.82) is 0 Å². The number of rotatable bonds is 5. The average Bonchev–Trinajstić information content (AvgIpc) is 2.17. The van der Waals surface area contributed by atoms with E-state index in [1.807, 2.05) is 25.2 Å². The summed E-state index contributed by atoms with van der Waals surface area (Å²) < 4.78 is 6.49. The van der Waals surface area contributed by atoms with E-state index in [1.54, 1.807) is 0 Å². The third-order valence-electron chi connectivity index (χ3n) is 1.79. The first kappa shape index (κ1) is 12.6. The van der Waals surface area contributed by atoms with Crippen molar-refractivity contribution in [1.82, 2.24) is 5.32 Å². The van der Waals surface area contributed by atoms with E-state index in [9.17, 15) is 0 Å². The van der Waals surface area contributed by atoms with Crippen molar-refractivity contribution >= 4 is 27.5 Å². The molecule has 0 heterocycles. The molecule has 82 valence electrons. The van der Waals surface area contributed by atoms with Crippen molar-refractivity contribution in [2.24, 2.45) is 0 Å². The van der Waals surface area contributed by atoms with E-state index in [4.69, 9.17) is 16.3 Å². The Morgan fingerprint density at radius 3 is 2.93 bits per heavy atom. The Labute approximate surface area is 103 Å². The van der Waals surface area contributed by atoms with Crippen LogP contribution in [0, 0.1) is 0 Å². The quantitative estimate of drug-likeness (QED) is 0.898. The summed E-state index contributed by atoms with van der Waals surface area (Å²) in [6, 6.07) is 5.91.